The Labute approximate surface area is 139 Å². The molecule has 1 N–H and O–H groups in total. The van der Waals surface area contributed by atoms with Gasteiger partial charge in [-0.1, -0.05) is 35.9 Å². The molecule has 0 amide bonds. The van der Waals surface area contributed by atoms with Crippen molar-refractivity contribution >= 4 is 5.65 Å². The summed E-state index contributed by atoms with van der Waals surface area (Å²) in [7, 11) is 0. The van der Waals surface area contributed by atoms with Crippen LogP contribution >= 0.6 is 0 Å². The Balaban J connectivity index is 1.81. The number of hydrogen-bond acceptors (Lipinski definition) is 4. The third kappa shape index (κ3) is 2.62. The van der Waals surface area contributed by atoms with Crippen molar-refractivity contribution in [3.63, 3.8) is 0 Å². The molecule has 24 heavy (non-hydrogen) atoms. The summed E-state index contributed by atoms with van der Waals surface area (Å²) in [5, 5.41) is 7.63. The third-order valence-electron chi connectivity index (χ3n) is 4.04. The fraction of sp³-hybridized carbons (Fsp3) is 0.167. The van der Waals surface area contributed by atoms with Gasteiger partial charge in [0, 0.05) is 11.8 Å². The molecular formula is C18H18N6. The zero-order chi connectivity index (χ0) is 16.5. The minimum absolute atomic E-state index is 0.617. The van der Waals surface area contributed by atoms with E-state index in [0.29, 0.717) is 6.54 Å². The lowest BCUT2D eigenvalue weighted by atomic mass is 10.1. The van der Waals surface area contributed by atoms with Crippen LogP contribution in [0.1, 0.15) is 16.8 Å². The first-order valence-electron chi connectivity index (χ1n) is 7.84. The van der Waals surface area contributed by atoms with Crippen molar-refractivity contribution in [2.24, 2.45) is 0 Å². The van der Waals surface area contributed by atoms with Crippen LogP contribution in [-0.4, -0.2) is 24.3 Å². The second-order valence-corrected chi connectivity index (χ2v) is 5.91. The first kappa shape index (κ1) is 14.4. The van der Waals surface area contributed by atoms with E-state index in [2.05, 4.69) is 76.5 Å². The predicted octanol–water partition coefficient (Wildman–Crippen LogP) is 2.95. The maximum Gasteiger partial charge on any atom is 0.138 e. The molecule has 1 aromatic carbocycles. The van der Waals surface area contributed by atoms with Gasteiger partial charge in [-0.3, -0.25) is 0 Å². The zero-order valence-corrected chi connectivity index (χ0v) is 13.6. The van der Waals surface area contributed by atoms with E-state index >= 15 is 0 Å². The molecular weight excluding hydrogens is 300 g/mol. The lowest BCUT2D eigenvalue weighted by molar-refractivity contribution is 0.814. The van der Waals surface area contributed by atoms with Gasteiger partial charge in [0.25, 0.3) is 0 Å². The summed E-state index contributed by atoms with van der Waals surface area (Å²) in [4.78, 5) is 4.84. The predicted molar refractivity (Wildman–Crippen MR) is 93.2 cm³/mol. The normalized spacial score (nSPS) is 11.1. The Hall–Kier alpha value is -3.15. The SMILES string of the molecule is Cc1ccc(-c2nc3ccc(C)cn3c2CNn2cnnc2)cc1. The minimum Gasteiger partial charge on any atom is -0.317 e. The Morgan fingerprint density at radius 1 is 0.917 bits per heavy atom. The van der Waals surface area contributed by atoms with Gasteiger partial charge in [-0.05, 0) is 25.5 Å². The summed E-state index contributed by atoms with van der Waals surface area (Å²) in [6.07, 6.45) is 5.39. The molecule has 6 nitrogen and oxygen atoms in total. The Bertz CT molecular complexity index is 967. The standard InChI is InChI=1S/C18H18N6/c1-13-3-6-15(7-4-13)18-16(9-21-23-11-19-20-12-23)24-10-14(2)5-8-17(24)22-18/h3-8,10-12,21H,9H2,1-2H3. The molecule has 0 saturated heterocycles. The van der Waals surface area contributed by atoms with Crippen LogP contribution in [0.3, 0.4) is 0 Å². The molecule has 0 atom stereocenters. The number of nitrogens with one attached hydrogen (secondary N) is 1. The number of nitrogens with zero attached hydrogens (tertiary/aromatic N) is 5. The molecule has 0 aliphatic carbocycles. The van der Waals surface area contributed by atoms with Gasteiger partial charge in [-0.2, -0.15) is 0 Å². The molecule has 3 aromatic heterocycles. The highest BCUT2D eigenvalue weighted by atomic mass is 15.5. The largest absolute Gasteiger partial charge is 0.317 e. The molecule has 0 bridgehead atoms. The molecule has 3 heterocycles. The number of fused-ring (bicyclic) bond motifs is 1. The van der Waals surface area contributed by atoms with E-state index in [-0.39, 0.29) is 0 Å². The summed E-state index contributed by atoms with van der Waals surface area (Å²) >= 11 is 0. The van der Waals surface area contributed by atoms with Crippen LogP contribution in [0.15, 0.2) is 55.2 Å². The fourth-order valence-corrected chi connectivity index (χ4v) is 2.76. The topological polar surface area (TPSA) is 60.0 Å². The van der Waals surface area contributed by atoms with Crippen molar-refractivity contribution < 1.29 is 0 Å². The van der Waals surface area contributed by atoms with Crippen molar-refractivity contribution in [1.29, 1.82) is 0 Å². The molecule has 0 spiro atoms. The van der Waals surface area contributed by atoms with E-state index in [1.807, 2.05) is 0 Å². The molecule has 4 aromatic rings. The summed E-state index contributed by atoms with van der Waals surface area (Å²) in [6.45, 7) is 4.79. The van der Waals surface area contributed by atoms with Crippen molar-refractivity contribution in [2.45, 2.75) is 20.4 Å². The highest BCUT2D eigenvalue weighted by Gasteiger charge is 2.14. The Kier molecular flexibility index (Phi) is 3.49. The molecule has 4 rings (SSSR count). The van der Waals surface area contributed by atoms with Crippen LogP contribution in [0.5, 0.6) is 0 Å². The van der Waals surface area contributed by atoms with Gasteiger partial charge in [0.05, 0.1) is 17.9 Å². The van der Waals surface area contributed by atoms with Gasteiger partial charge < -0.3 is 9.83 Å². The molecule has 6 heteroatoms. The van der Waals surface area contributed by atoms with Crippen LogP contribution in [-0.2, 0) is 6.54 Å². The van der Waals surface area contributed by atoms with Gasteiger partial charge in [-0.15, -0.1) is 10.2 Å². The second-order valence-electron chi connectivity index (χ2n) is 5.91. The summed E-state index contributed by atoms with van der Waals surface area (Å²) in [6, 6.07) is 12.6. The Morgan fingerprint density at radius 2 is 1.62 bits per heavy atom. The Morgan fingerprint density at radius 3 is 2.38 bits per heavy atom. The molecule has 0 aliphatic rings. The van der Waals surface area contributed by atoms with Crippen molar-refractivity contribution in [3.05, 3.63) is 72.1 Å². The second kappa shape index (κ2) is 5.81. The molecule has 0 fully saturated rings. The lowest BCUT2D eigenvalue weighted by Crippen LogP contribution is -2.14. The molecule has 0 aliphatic heterocycles. The highest BCUT2D eigenvalue weighted by molar-refractivity contribution is 5.67. The van der Waals surface area contributed by atoms with E-state index in [9.17, 15) is 0 Å². The van der Waals surface area contributed by atoms with E-state index in [0.717, 1.165) is 22.6 Å². The van der Waals surface area contributed by atoms with Crippen LogP contribution in [0.25, 0.3) is 16.9 Å². The average molecular weight is 318 g/mol. The van der Waals surface area contributed by atoms with Crippen molar-refractivity contribution in [3.8, 4) is 11.3 Å². The molecule has 0 unspecified atom stereocenters. The number of rotatable bonds is 4. The van der Waals surface area contributed by atoms with Crippen molar-refractivity contribution in [1.82, 2.24) is 24.3 Å². The van der Waals surface area contributed by atoms with Crippen LogP contribution < -0.4 is 5.43 Å². The van der Waals surface area contributed by atoms with E-state index in [1.165, 1.54) is 11.1 Å². The van der Waals surface area contributed by atoms with Gasteiger partial charge in [0.15, 0.2) is 0 Å². The summed E-state index contributed by atoms with van der Waals surface area (Å²) in [5.74, 6) is 0. The maximum absolute atomic E-state index is 4.84. The van der Waals surface area contributed by atoms with Gasteiger partial charge in [0.1, 0.15) is 18.3 Å². The van der Waals surface area contributed by atoms with Crippen LogP contribution in [0.2, 0.25) is 0 Å². The number of benzene rings is 1. The number of imidazole rings is 1. The van der Waals surface area contributed by atoms with Gasteiger partial charge in [-0.25, -0.2) is 9.66 Å². The first-order valence-corrected chi connectivity index (χ1v) is 7.84. The number of aryl methyl sites for hydroxylation is 2. The maximum atomic E-state index is 4.84. The lowest BCUT2D eigenvalue weighted by Gasteiger charge is -2.09. The fourth-order valence-electron chi connectivity index (χ4n) is 2.76. The molecule has 0 radical (unpaired) electrons. The number of aromatic nitrogens is 5. The summed E-state index contributed by atoms with van der Waals surface area (Å²) in [5.41, 5.74) is 9.87. The van der Waals surface area contributed by atoms with E-state index < -0.39 is 0 Å². The van der Waals surface area contributed by atoms with Crippen LogP contribution in [0, 0.1) is 13.8 Å². The summed E-state index contributed by atoms with van der Waals surface area (Å²) < 4.78 is 3.88. The number of hydrogen-bond donors (Lipinski definition) is 1. The monoisotopic (exact) mass is 318 g/mol. The minimum atomic E-state index is 0.617. The smallest absolute Gasteiger partial charge is 0.138 e. The van der Waals surface area contributed by atoms with Gasteiger partial charge >= 0.3 is 0 Å². The average Bonchev–Trinajstić information content (AvgIpc) is 3.21. The van der Waals surface area contributed by atoms with E-state index in [1.54, 1.807) is 17.3 Å². The van der Waals surface area contributed by atoms with Crippen LogP contribution in [0.4, 0.5) is 0 Å². The zero-order valence-electron chi connectivity index (χ0n) is 13.6. The van der Waals surface area contributed by atoms with Crippen molar-refractivity contribution in [2.75, 3.05) is 5.43 Å². The van der Waals surface area contributed by atoms with Gasteiger partial charge in [0.2, 0.25) is 0 Å². The molecule has 0 saturated carbocycles. The molecule has 120 valence electrons. The highest BCUT2D eigenvalue weighted by Crippen LogP contribution is 2.25. The van der Waals surface area contributed by atoms with E-state index in [4.69, 9.17) is 4.98 Å². The third-order valence-corrected chi connectivity index (χ3v) is 4.04. The number of pyridine rings is 1. The first-order chi connectivity index (χ1) is 11.7. The quantitative estimate of drug-likeness (QED) is 0.628.